The van der Waals surface area contributed by atoms with Gasteiger partial charge in [-0.1, -0.05) is 109 Å². The first-order chi connectivity index (χ1) is 17.8. The Morgan fingerprint density at radius 1 is 0.611 bits per heavy atom. The molecule has 2 heteroatoms. The number of rotatable bonds is 2. The molecule has 0 unspecified atom stereocenters. The van der Waals surface area contributed by atoms with E-state index >= 15 is 0 Å². The third-order valence-corrected chi connectivity index (χ3v) is 7.69. The molecule has 0 N–H and O–H groups in total. The Morgan fingerprint density at radius 2 is 1.22 bits per heavy atom. The lowest BCUT2D eigenvalue weighted by Crippen LogP contribution is -1.97. The molecule has 1 nitrogen and oxygen atoms in total. The smallest absolute Gasteiger partial charge is 0.106 e. The number of benzene rings is 4. The summed E-state index contributed by atoms with van der Waals surface area (Å²) in [5.41, 5.74) is 10.2. The zero-order valence-corrected chi connectivity index (χ0v) is 21.2. The van der Waals surface area contributed by atoms with E-state index in [1.807, 2.05) is 12.3 Å². The van der Waals surface area contributed by atoms with E-state index in [-0.39, 0.29) is 0 Å². The molecule has 5 aromatic rings. The predicted molar refractivity (Wildman–Crippen MR) is 156 cm³/mol. The first-order valence-corrected chi connectivity index (χ1v) is 13.0. The van der Waals surface area contributed by atoms with Crippen LogP contribution in [0.4, 0.5) is 0 Å². The maximum absolute atomic E-state index is 4.55. The second-order valence-electron chi connectivity index (χ2n) is 9.31. The van der Waals surface area contributed by atoms with Crippen molar-refractivity contribution in [3.8, 4) is 11.1 Å². The molecular weight excluding hydrogens is 502 g/mol. The first-order valence-electron chi connectivity index (χ1n) is 12.2. The zero-order chi connectivity index (χ0) is 24.1. The van der Waals surface area contributed by atoms with Crippen molar-refractivity contribution < 1.29 is 0 Å². The lowest BCUT2D eigenvalue weighted by atomic mass is 9.83. The van der Waals surface area contributed by atoms with Gasteiger partial charge in [0.1, 0.15) is 4.60 Å². The van der Waals surface area contributed by atoms with Crippen LogP contribution in [0.1, 0.15) is 23.1 Å². The fraction of sp³-hybridized carbons (Fsp3) is 0.0294. The van der Waals surface area contributed by atoms with Crippen molar-refractivity contribution in [3.05, 3.63) is 148 Å². The fourth-order valence-corrected chi connectivity index (χ4v) is 5.93. The molecule has 36 heavy (non-hydrogen) atoms. The van der Waals surface area contributed by atoms with Crippen LogP contribution in [0.5, 0.6) is 0 Å². The molecule has 1 aromatic heterocycles. The van der Waals surface area contributed by atoms with Gasteiger partial charge in [-0.25, -0.2) is 4.98 Å². The number of hydrogen-bond acceptors (Lipinski definition) is 1. The maximum Gasteiger partial charge on any atom is 0.106 e. The van der Waals surface area contributed by atoms with Crippen LogP contribution >= 0.6 is 15.9 Å². The largest absolute Gasteiger partial charge is 0.249 e. The summed E-state index contributed by atoms with van der Waals surface area (Å²) in [5.74, 6) is 0. The third kappa shape index (κ3) is 3.41. The minimum atomic E-state index is 0.843. The van der Waals surface area contributed by atoms with Gasteiger partial charge >= 0.3 is 0 Å². The van der Waals surface area contributed by atoms with Gasteiger partial charge < -0.3 is 0 Å². The number of hydrogen-bond donors (Lipinski definition) is 0. The molecule has 0 amide bonds. The van der Waals surface area contributed by atoms with Gasteiger partial charge in [-0.05, 0) is 88.9 Å². The van der Waals surface area contributed by atoms with E-state index < -0.39 is 0 Å². The van der Waals surface area contributed by atoms with Crippen molar-refractivity contribution in [2.75, 3.05) is 0 Å². The van der Waals surface area contributed by atoms with Crippen molar-refractivity contribution in [2.45, 2.75) is 6.42 Å². The fourth-order valence-electron chi connectivity index (χ4n) is 5.69. The SMILES string of the molecule is Brc1ccc(-c2c3ccccc3c(C3=CC4=CC=CC=C(C4)c4ccccc43)c3ccccc23)cn1. The Bertz CT molecular complexity index is 1740. The summed E-state index contributed by atoms with van der Waals surface area (Å²) in [6, 6.07) is 30.7. The summed E-state index contributed by atoms with van der Waals surface area (Å²) < 4.78 is 0.843. The summed E-state index contributed by atoms with van der Waals surface area (Å²) in [6.07, 6.45) is 14.1. The molecule has 0 atom stereocenters. The second-order valence-corrected chi connectivity index (χ2v) is 10.1. The van der Waals surface area contributed by atoms with Crippen LogP contribution < -0.4 is 0 Å². The lowest BCUT2D eigenvalue weighted by Gasteiger charge is -2.20. The highest BCUT2D eigenvalue weighted by atomic mass is 79.9. The Labute approximate surface area is 219 Å². The average Bonchev–Trinajstić information content (AvgIpc) is 3.25. The molecule has 1 heterocycles. The normalized spacial score (nSPS) is 14.5. The van der Waals surface area contributed by atoms with Crippen molar-refractivity contribution in [3.63, 3.8) is 0 Å². The summed E-state index contributed by atoms with van der Waals surface area (Å²) in [7, 11) is 0. The summed E-state index contributed by atoms with van der Waals surface area (Å²) in [5, 5.41) is 5.00. The van der Waals surface area contributed by atoms with Crippen molar-refractivity contribution >= 4 is 48.6 Å². The van der Waals surface area contributed by atoms with E-state index in [0.717, 1.165) is 16.6 Å². The van der Waals surface area contributed by atoms with Crippen LogP contribution in [0.25, 0.3) is 43.8 Å². The van der Waals surface area contributed by atoms with Crippen LogP contribution in [0.3, 0.4) is 0 Å². The van der Waals surface area contributed by atoms with Crippen molar-refractivity contribution in [2.24, 2.45) is 0 Å². The molecule has 0 saturated heterocycles. The van der Waals surface area contributed by atoms with Gasteiger partial charge in [-0.2, -0.15) is 0 Å². The van der Waals surface area contributed by atoms with Crippen LogP contribution in [0.2, 0.25) is 0 Å². The summed E-state index contributed by atoms with van der Waals surface area (Å²) in [6.45, 7) is 0. The Kier molecular flexibility index (Phi) is 5.07. The third-order valence-electron chi connectivity index (χ3n) is 7.22. The van der Waals surface area contributed by atoms with Gasteiger partial charge in [0.05, 0.1) is 0 Å². The molecule has 4 aromatic carbocycles. The summed E-state index contributed by atoms with van der Waals surface area (Å²) in [4.78, 5) is 4.55. The van der Waals surface area contributed by atoms with E-state index in [4.69, 9.17) is 0 Å². The van der Waals surface area contributed by atoms with Gasteiger partial charge in [-0.3, -0.25) is 0 Å². The van der Waals surface area contributed by atoms with E-state index in [1.54, 1.807) is 0 Å². The molecule has 0 radical (unpaired) electrons. The van der Waals surface area contributed by atoms with Gasteiger partial charge in [0, 0.05) is 11.8 Å². The van der Waals surface area contributed by atoms with Gasteiger partial charge in [0.15, 0.2) is 0 Å². The highest BCUT2D eigenvalue weighted by Crippen LogP contribution is 2.46. The van der Waals surface area contributed by atoms with Crippen LogP contribution in [0.15, 0.2) is 132 Å². The number of nitrogens with zero attached hydrogens (tertiary/aromatic N) is 1. The second kappa shape index (κ2) is 8.58. The first kappa shape index (κ1) is 21.3. The summed E-state index contributed by atoms with van der Waals surface area (Å²) >= 11 is 3.50. The molecular formula is C34H22BrN. The number of pyridine rings is 1. The highest BCUT2D eigenvalue weighted by molar-refractivity contribution is 9.10. The Balaban J connectivity index is 1.64. The van der Waals surface area contributed by atoms with Crippen LogP contribution in [-0.4, -0.2) is 4.98 Å². The molecule has 0 saturated carbocycles. The number of halogens is 1. The van der Waals surface area contributed by atoms with Gasteiger partial charge in [0.25, 0.3) is 0 Å². The number of allylic oxidation sites excluding steroid dienone is 7. The standard InChI is InChI=1S/C34H22BrN/c35-32-18-17-24(21-36-32)33-27-13-5-7-15-29(27)34(30-16-8-6-14-28(30)33)31-20-22-9-1-2-10-23(19-22)25-11-3-4-12-26(25)31/h1-18,20-21H,19H2. The van der Waals surface area contributed by atoms with E-state index in [9.17, 15) is 0 Å². The average molecular weight is 524 g/mol. The molecule has 2 bridgehead atoms. The van der Waals surface area contributed by atoms with Crippen molar-refractivity contribution in [1.29, 1.82) is 0 Å². The Hall–Kier alpha value is -4.01. The zero-order valence-electron chi connectivity index (χ0n) is 19.6. The van der Waals surface area contributed by atoms with E-state index in [0.29, 0.717) is 0 Å². The molecule has 170 valence electrons. The van der Waals surface area contributed by atoms with Crippen LogP contribution in [-0.2, 0) is 0 Å². The van der Waals surface area contributed by atoms with E-state index in [1.165, 1.54) is 60.5 Å². The van der Waals surface area contributed by atoms with Crippen LogP contribution in [0, 0.1) is 0 Å². The molecule has 0 fully saturated rings. The monoisotopic (exact) mass is 523 g/mol. The minimum absolute atomic E-state index is 0.843. The van der Waals surface area contributed by atoms with Crippen molar-refractivity contribution in [1.82, 2.24) is 4.98 Å². The topological polar surface area (TPSA) is 12.9 Å². The molecule has 0 spiro atoms. The maximum atomic E-state index is 4.55. The number of aromatic nitrogens is 1. The minimum Gasteiger partial charge on any atom is -0.249 e. The highest BCUT2D eigenvalue weighted by Gasteiger charge is 2.23. The lowest BCUT2D eigenvalue weighted by molar-refractivity contribution is 1.28. The quantitative estimate of drug-likeness (QED) is 0.166. The molecule has 2 aliphatic carbocycles. The van der Waals surface area contributed by atoms with Gasteiger partial charge in [-0.15, -0.1) is 0 Å². The Morgan fingerprint density at radius 3 is 1.89 bits per heavy atom. The van der Waals surface area contributed by atoms with E-state index in [2.05, 4.69) is 130 Å². The number of fused-ring (bicyclic) bond motifs is 6. The van der Waals surface area contributed by atoms with Gasteiger partial charge in [0.2, 0.25) is 0 Å². The molecule has 7 rings (SSSR count). The molecule has 0 aliphatic heterocycles. The predicted octanol–water partition coefficient (Wildman–Crippen LogP) is 9.53. The molecule has 2 aliphatic rings.